The predicted molar refractivity (Wildman–Crippen MR) is 50.9 cm³/mol. The highest BCUT2D eigenvalue weighted by atomic mass is 79.9. The van der Waals surface area contributed by atoms with E-state index in [-0.39, 0.29) is 12.4 Å². The van der Waals surface area contributed by atoms with Crippen molar-refractivity contribution in [3.8, 4) is 0 Å². The van der Waals surface area contributed by atoms with Crippen LogP contribution >= 0.6 is 28.3 Å². The van der Waals surface area contributed by atoms with E-state index < -0.39 is 0 Å². The molecule has 1 aromatic rings. The smallest absolute Gasteiger partial charge is 0.0482 e. The molecule has 0 aliphatic heterocycles. The Labute approximate surface area is 75.4 Å². The molecule has 0 bridgehead atoms. The van der Waals surface area contributed by atoms with E-state index >= 15 is 0 Å². The quantitative estimate of drug-likeness (QED) is 0.770. The van der Waals surface area contributed by atoms with E-state index in [4.69, 9.17) is 0 Å². The van der Waals surface area contributed by atoms with Gasteiger partial charge in [-0.15, -0.1) is 12.4 Å². The van der Waals surface area contributed by atoms with Gasteiger partial charge in [0.05, 0.1) is 0 Å². The van der Waals surface area contributed by atoms with E-state index in [0.717, 1.165) is 10.2 Å². The van der Waals surface area contributed by atoms with Crippen molar-refractivity contribution in [1.29, 1.82) is 0 Å². The van der Waals surface area contributed by atoms with Crippen LogP contribution in [0, 0.1) is 0 Å². The Balaban J connectivity index is 0.000000810. The van der Waals surface area contributed by atoms with Crippen molar-refractivity contribution in [1.82, 2.24) is 0 Å². The van der Waals surface area contributed by atoms with Crippen LogP contribution in [0.15, 0.2) is 28.7 Å². The van der Waals surface area contributed by atoms with Gasteiger partial charge >= 0.3 is 0 Å². The van der Waals surface area contributed by atoms with Crippen molar-refractivity contribution in [3.05, 3.63) is 28.7 Å². The molecule has 0 aliphatic carbocycles. The maximum absolute atomic E-state index is 3.39. The number of halogens is 2. The number of benzene rings is 1. The number of nitrogens with one attached hydrogen (secondary N) is 1. The molecule has 0 unspecified atom stereocenters. The van der Waals surface area contributed by atoms with Gasteiger partial charge in [0.2, 0.25) is 0 Å². The lowest BCUT2D eigenvalue weighted by Gasteiger charge is -1.99. The molecule has 0 aliphatic rings. The van der Waals surface area contributed by atoms with Crippen LogP contribution in [0.25, 0.3) is 0 Å². The summed E-state index contributed by atoms with van der Waals surface area (Å²) in [6.45, 7) is 0. The summed E-state index contributed by atoms with van der Waals surface area (Å²) < 4.78 is 1.10. The lowest BCUT2D eigenvalue weighted by molar-refractivity contribution is 1.49. The molecular weight excluding hydrogens is 213 g/mol. The van der Waals surface area contributed by atoms with Gasteiger partial charge < -0.3 is 5.32 Å². The second kappa shape index (κ2) is 4.58. The normalized spacial score (nSPS) is 8.20. The molecule has 1 aromatic carbocycles. The molecule has 0 saturated heterocycles. The van der Waals surface area contributed by atoms with Crippen LogP contribution < -0.4 is 5.32 Å². The van der Waals surface area contributed by atoms with Crippen LogP contribution in [0.2, 0.25) is 0 Å². The molecule has 0 fully saturated rings. The minimum absolute atomic E-state index is 0. The average molecular weight is 223 g/mol. The minimum Gasteiger partial charge on any atom is -0.387 e. The highest BCUT2D eigenvalue weighted by Crippen LogP contribution is 2.19. The fourth-order valence-electron chi connectivity index (χ4n) is 0.664. The van der Waals surface area contributed by atoms with Crippen molar-refractivity contribution < 1.29 is 0 Å². The first-order chi connectivity index (χ1) is 4.34. The van der Waals surface area contributed by atoms with Gasteiger partial charge in [-0.05, 0) is 28.1 Å². The molecule has 0 radical (unpaired) electrons. The van der Waals surface area contributed by atoms with Crippen LogP contribution in [0.5, 0.6) is 0 Å². The third-order valence-electron chi connectivity index (χ3n) is 1.14. The van der Waals surface area contributed by atoms with Gasteiger partial charge in [0.1, 0.15) is 0 Å². The summed E-state index contributed by atoms with van der Waals surface area (Å²) >= 11 is 3.39. The maximum Gasteiger partial charge on any atom is 0.0482 e. The molecule has 1 nitrogen and oxygen atoms in total. The highest BCUT2D eigenvalue weighted by molar-refractivity contribution is 9.10. The summed E-state index contributed by atoms with van der Waals surface area (Å²) in [5.74, 6) is 0. The molecule has 1 N–H and O–H groups in total. The molecule has 0 spiro atoms. The zero-order valence-corrected chi connectivity index (χ0v) is 8.00. The van der Waals surface area contributed by atoms with Crippen molar-refractivity contribution in [2.45, 2.75) is 0 Å². The third-order valence-corrected chi connectivity index (χ3v) is 1.83. The van der Waals surface area contributed by atoms with Gasteiger partial charge in [-0.25, -0.2) is 0 Å². The van der Waals surface area contributed by atoms with Crippen LogP contribution in [-0.4, -0.2) is 7.05 Å². The van der Waals surface area contributed by atoms with E-state index in [1.54, 1.807) is 0 Å². The lowest BCUT2D eigenvalue weighted by Crippen LogP contribution is -1.86. The number of anilines is 1. The van der Waals surface area contributed by atoms with Crippen LogP contribution in [0.4, 0.5) is 5.69 Å². The Bertz CT molecular complexity index is 203. The molecule has 0 atom stereocenters. The number of rotatable bonds is 1. The third kappa shape index (κ3) is 2.20. The van der Waals surface area contributed by atoms with Crippen molar-refractivity contribution >= 4 is 34.0 Å². The summed E-state index contributed by atoms with van der Waals surface area (Å²) in [5, 5.41) is 3.05. The van der Waals surface area contributed by atoms with Gasteiger partial charge in [0.25, 0.3) is 0 Å². The number of hydrogen-bond acceptors (Lipinski definition) is 1. The first-order valence-electron chi connectivity index (χ1n) is 2.77. The molecule has 0 heterocycles. The Morgan fingerprint density at radius 1 is 1.30 bits per heavy atom. The molecule has 0 amide bonds. The number of hydrogen-bond donors (Lipinski definition) is 1. The first-order valence-corrected chi connectivity index (χ1v) is 3.56. The Hall–Kier alpha value is -0.210. The zero-order chi connectivity index (χ0) is 6.69. The predicted octanol–water partition coefficient (Wildman–Crippen LogP) is 2.91. The summed E-state index contributed by atoms with van der Waals surface area (Å²) in [5.41, 5.74) is 1.12. The average Bonchev–Trinajstić information content (AvgIpc) is 1.89. The Morgan fingerprint density at radius 3 is 2.30 bits per heavy atom. The van der Waals surface area contributed by atoms with Crippen LogP contribution in [-0.2, 0) is 0 Å². The Kier molecular flexibility index (Phi) is 4.49. The van der Waals surface area contributed by atoms with Crippen molar-refractivity contribution in [2.75, 3.05) is 12.4 Å². The standard InChI is InChI=1S/C7H8BrN.ClH/c1-9-7-5-3-2-4-6(7)8;/h2-5,9H,1H3;1H. The molecule has 0 aromatic heterocycles. The van der Waals surface area contributed by atoms with Crippen LogP contribution in [0.1, 0.15) is 0 Å². The molecule has 10 heavy (non-hydrogen) atoms. The van der Waals surface area contributed by atoms with Crippen molar-refractivity contribution in [3.63, 3.8) is 0 Å². The zero-order valence-electron chi connectivity index (χ0n) is 5.60. The van der Waals surface area contributed by atoms with Gasteiger partial charge in [-0.1, -0.05) is 12.1 Å². The second-order valence-corrected chi connectivity index (χ2v) is 2.58. The van der Waals surface area contributed by atoms with E-state index in [1.165, 1.54) is 0 Å². The highest BCUT2D eigenvalue weighted by Gasteiger charge is 1.90. The fraction of sp³-hybridized carbons (Fsp3) is 0.143. The maximum atomic E-state index is 3.39. The lowest BCUT2D eigenvalue weighted by atomic mass is 10.3. The monoisotopic (exact) mass is 221 g/mol. The summed E-state index contributed by atoms with van der Waals surface area (Å²) in [6, 6.07) is 8.01. The fourth-order valence-corrected chi connectivity index (χ4v) is 1.15. The second-order valence-electron chi connectivity index (χ2n) is 1.73. The molecule has 56 valence electrons. The molecule has 3 heteroatoms. The van der Waals surface area contributed by atoms with Crippen LogP contribution in [0.3, 0.4) is 0 Å². The topological polar surface area (TPSA) is 12.0 Å². The molecule has 0 saturated carbocycles. The van der Waals surface area contributed by atoms with E-state index in [9.17, 15) is 0 Å². The SMILES string of the molecule is CNc1ccccc1Br.Cl. The first kappa shape index (κ1) is 9.79. The summed E-state index contributed by atoms with van der Waals surface area (Å²) in [7, 11) is 1.90. The summed E-state index contributed by atoms with van der Waals surface area (Å²) in [6.07, 6.45) is 0. The van der Waals surface area contributed by atoms with Gasteiger partial charge in [-0.2, -0.15) is 0 Å². The minimum atomic E-state index is 0. The van der Waals surface area contributed by atoms with Crippen molar-refractivity contribution in [2.24, 2.45) is 0 Å². The molecular formula is C7H9BrClN. The van der Waals surface area contributed by atoms with E-state index in [1.807, 2.05) is 31.3 Å². The van der Waals surface area contributed by atoms with Gasteiger partial charge in [-0.3, -0.25) is 0 Å². The summed E-state index contributed by atoms with van der Waals surface area (Å²) in [4.78, 5) is 0. The number of para-hydroxylation sites is 1. The van der Waals surface area contributed by atoms with Gasteiger partial charge in [0.15, 0.2) is 0 Å². The van der Waals surface area contributed by atoms with E-state index in [0.29, 0.717) is 0 Å². The molecule has 1 rings (SSSR count). The Morgan fingerprint density at radius 2 is 1.90 bits per heavy atom. The van der Waals surface area contributed by atoms with Gasteiger partial charge in [0, 0.05) is 17.2 Å². The van der Waals surface area contributed by atoms with E-state index in [2.05, 4.69) is 21.2 Å². The largest absolute Gasteiger partial charge is 0.387 e.